The molecule has 0 unspecified atom stereocenters. The molecule has 0 fully saturated rings. The molecule has 6 heteroatoms. The Morgan fingerprint density at radius 2 is 2.06 bits per heavy atom. The van der Waals surface area contributed by atoms with Gasteiger partial charge in [-0.3, -0.25) is 9.36 Å². The van der Waals surface area contributed by atoms with E-state index in [-0.39, 0.29) is 11.1 Å². The summed E-state index contributed by atoms with van der Waals surface area (Å²) in [4.78, 5) is 27.4. The topological polar surface area (TPSA) is 72.2 Å². The molecule has 94 valence electrons. The summed E-state index contributed by atoms with van der Waals surface area (Å²) in [6.45, 7) is 5.07. The van der Waals surface area contributed by atoms with Crippen LogP contribution in [0.25, 0.3) is 5.13 Å². The number of carboxylic acids is 1. The van der Waals surface area contributed by atoms with Crippen molar-refractivity contribution >= 4 is 17.3 Å². The molecule has 0 aromatic carbocycles. The summed E-state index contributed by atoms with van der Waals surface area (Å²) < 4.78 is 1.34. The summed E-state index contributed by atoms with van der Waals surface area (Å²) in [5, 5.41) is 11.5. The Kier molecular flexibility index (Phi) is 3.04. The fourth-order valence-electron chi connectivity index (χ4n) is 1.89. The third-order valence-corrected chi connectivity index (χ3v) is 3.61. The van der Waals surface area contributed by atoms with E-state index < -0.39 is 5.97 Å². The molecule has 0 saturated carbocycles. The van der Waals surface area contributed by atoms with Crippen molar-refractivity contribution in [2.75, 3.05) is 0 Å². The van der Waals surface area contributed by atoms with Crippen molar-refractivity contribution in [1.29, 1.82) is 0 Å². The second-order valence-corrected chi connectivity index (χ2v) is 4.87. The minimum Gasteiger partial charge on any atom is -0.478 e. The molecule has 2 rings (SSSR count). The average molecular weight is 264 g/mol. The van der Waals surface area contributed by atoms with Crippen LogP contribution < -0.4 is 5.56 Å². The molecule has 0 saturated heterocycles. The van der Waals surface area contributed by atoms with Gasteiger partial charge in [0.2, 0.25) is 0 Å². The van der Waals surface area contributed by atoms with Gasteiger partial charge in [-0.15, -0.1) is 11.3 Å². The average Bonchev–Trinajstić information content (AvgIpc) is 2.63. The Balaban J connectivity index is 2.80. The lowest BCUT2D eigenvalue weighted by Crippen LogP contribution is -2.24. The third kappa shape index (κ3) is 1.95. The maximum atomic E-state index is 12.0. The van der Waals surface area contributed by atoms with Gasteiger partial charge in [0.25, 0.3) is 5.56 Å². The number of thiazole rings is 1. The number of aromatic carboxylic acids is 1. The summed E-state index contributed by atoms with van der Waals surface area (Å²) in [6, 6.07) is 1.33. The number of hydrogen-bond donors (Lipinski definition) is 1. The van der Waals surface area contributed by atoms with Crippen LogP contribution >= 0.6 is 11.3 Å². The maximum absolute atomic E-state index is 12.0. The van der Waals surface area contributed by atoms with Gasteiger partial charge in [-0.2, -0.15) is 0 Å². The van der Waals surface area contributed by atoms with Crippen molar-refractivity contribution in [1.82, 2.24) is 9.55 Å². The van der Waals surface area contributed by atoms with Crippen molar-refractivity contribution in [3.8, 4) is 5.13 Å². The predicted octanol–water partition coefficient (Wildman–Crippen LogP) is 1.92. The number of hydrogen-bond acceptors (Lipinski definition) is 4. The van der Waals surface area contributed by atoms with E-state index in [1.165, 1.54) is 22.0 Å². The zero-order chi connectivity index (χ0) is 13.4. The Labute approximate surface area is 107 Å². The Bertz CT molecular complexity index is 685. The van der Waals surface area contributed by atoms with Gasteiger partial charge in [-0.05, 0) is 26.3 Å². The fraction of sp³-hybridized carbons (Fsp3) is 0.250. The lowest BCUT2D eigenvalue weighted by molar-refractivity contribution is 0.0694. The molecule has 2 aromatic rings. The zero-order valence-corrected chi connectivity index (χ0v) is 11.0. The number of carbonyl (C=O) groups is 1. The summed E-state index contributed by atoms with van der Waals surface area (Å²) >= 11 is 1.32. The molecule has 0 amide bonds. The number of carboxylic acid groups (broad SMARTS) is 1. The molecule has 0 aliphatic rings. The van der Waals surface area contributed by atoms with Gasteiger partial charge in [-0.25, -0.2) is 9.78 Å². The monoisotopic (exact) mass is 264 g/mol. The van der Waals surface area contributed by atoms with Gasteiger partial charge in [0.1, 0.15) is 0 Å². The minimum absolute atomic E-state index is 0.155. The Morgan fingerprint density at radius 3 is 2.56 bits per heavy atom. The fourth-order valence-corrected chi connectivity index (χ4v) is 2.75. The van der Waals surface area contributed by atoms with Crippen LogP contribution in [-0.2, 0) is 0 Å². The second kappa shape index (κ2) is 4.38. The van der Waals surface area contributed by atoms with Crippen molar-refractivity contribution in [2.24, 2.45) is 0 Å². The first kappa shape index (κ1) is 12.5. The highest BCUT2D eigenvalue weighted by Crippen LogP contribution is 2.18. The molecule has 2 aromatic heterocycles. The van der Waals surface area contributed by atoms with Gasteiger partial charge in [0.15, 0.2) is 5.13 Å². The number of pyridine rings is 1. The SMILES string of the molecule is Cc1csc(-n2c(C)c(C(=O)O)c(C)cc2=O)n1. The summed E-state index contributed by atoms with van der Waals surface area (Å²) in [5.74, 6) is -1.04. The lowest BCUT2D eigenvalue weighted by Gasteiger charge is -2.11. The highest BCUT2D eigenvalue weighted by molar-refractivity contribution is 7.12. The molecule has 2 heterocycles. The normalized spacial score (nSPS) is 10.6. The zero-order valence-electron chi connectivity index (χ0n) is 10.2. The minimum atomic E-state index is -1.04. The Hall–Kier alpha value is -1.95. The van der Waals surface area contributed by atoms with Crippen LogP contribution in [0.5, 0.6) is 0 Å². The number of rotatable bonds is 2. The predicted molar refractivity (Wildman–Crippen MR) is 68.9 cm³/mol. The van der Waals surface area contributed by atoms with E-state index in [9.17, 15) is 14.7 Å². The van der Waals surface area contributed by atoms with Gasteiger partial charge < -0.3 is 5.11 Å². The third-order valence-electron chi connectivity index (χ3n) is 2.66. The molecular formula is C12H12N2O3S. The summed E-state index contributed by atoms with van der Waals surface area (Å²) in [6.07, 6.45) is 0. The standard InChI is InChI=1S/C12H12N2O3S/c1-6-4-9(15)14(8(3)10(6)11(16)17)12-13-7(2)5-18-12/h4-5H,1-3H3,(H,16,17). The van der Waals surface area contributed by atoms with E-state index in [0.717, 1.165) is 5.69 Å². The van der Waals surface area contributed by atoms with Crippen LogP contribution in [0.3, 0.4) is 0 Å². The smallest absolute Gasteiger partial charge is 0.337 e. The van der Waals surface area contributed by atoms with Crippen molar-refractivity contribution in [3.05, 3.63) is 44.3 Å². The second-order valence-electron chi connectivity index (χ2n) is 4.04. The molecule has 0 aliphatic carbocycles. The van der Waals surface area contributed by atoms with Crippen LogP contribution in [0.4, 0.5) is 0 Å². The van der Waals surface area contributed by atoms with Crippen LogP contribution in [0.2, 0.25) is 0 Å². The highest BCUT2D eigenvalue weighted by Gasteiger charge is 2.17. The quantitative estimate of drug-likeness (QED) is 0.899. The van der Waals surface area contributed by atoms with Gasteiger partial charge >= 0.3 is 5.97 Å². The van der Waals surface area contributed by atoms with E-state index in [0.29, 0.717) is 16.4 Å². The summed E-state index contributed by atoms with van der Waals surface area (Å²) in [5.41, 5.74) is 1.57. The highest BCUT2D eigenvalue weighted by atomic mass is 32.1. The van der Waals surface area contributed by atoms with Crippen LogP contribution in [-0.4, -0.2) is 20.6 Å². The number of aryl methyl sites for hydroxylation is 2. The van der Waals surface area contributed by atoms with Crippen molar-refractivity contribution in [3.63, 3.8) is 0 Å². The maximum Gasteiger partial charge on any atom is 0.337 e. The van der Waals surface area contributed by atoms with Gasteiger partial charge in [-0.1, -0.05) is 0 Å². The van der Waals surface area contributed by atoms with E-state index in [1.54, 1.807) is 13.8 Å². The van der Waals surface area contributed by atoms with Crippen LogP contribution in [0.1, 0.15) is 27.3 Å². The number of aromatic nitrogens is 2. The van der Waals surface area contributed by atoms with E-state index in [4.69, 9.17) is 0 Å². The van der Waals surface area contributed by atoms with Gasteiger partial charge in [0.05, 0.1) is 11.3 Å². The van der Waals surface area contributed by atoms with Crippen LogP contribution in [0, 0.1) is 20.8 Å². The molecule has 0 bridgehead atoms. The molecular weight excluding hydrogens is 252 g/mol. The molecule has 0 atom stereocenters. The molecule has 0 aliphatic heterocycles. The lowest BCUT2D eigenvalue weighted by atomic mass is 10.1. The van der Waals surface area contributed by atoms with E-state index >= 15 is 0 Å². The van der Waals surface area contributed by atoms with E-state index in [1.807, 2.05) is 12.3 Å². The van der Waals surface area contributed by atoms with Crippen molar-refractivity contribution < 1.29 is 9.90 Å². The van der Waals surface area contributed by atoms with Gasteiger partial charge in [0, 0.05) is 17.1 Å². The van der Waals surface area contributed by atoms with Crippen molar-refractivity contribution in [2.45, 2.75) is 20.8 Å². The molecule has 0 radical (unpaired) electrons. The van der Waals surface area contributed by atoms with E-state index in [2.05, 4.69) is 4.98 Å². The number of nitrogens with zero attached hydrogens (tertiary/aromatic N) is 2. The van der Waals surface area contributed by atoms with Crippen LogP contribution in [0.15, 0.2) is 16.2 Å². The Morgan fingerprint density at radius 1 is 1.39 bits per heavy atom. The molecule has 0 spiro atoms. The molecule has 18 heavy (non-hydrogen) atoms. The summed E-state index contributed by atoms with van der Waals surface area (Å²) in [7, 11) is 0. The molecule has 1 N–H and O–H groups in total. The first-order valence-corrected chi connectivity index (χ1v) is 6.19. The largest absolute Gasteiger partial charge is 0.478 e. The first-order valence-electron chi connectivity index (χ1n) is 5.31. The first-order chi connectivity index (χ1) is 8.41. The molecule has 5 nitrogen and oxygen atoms in total.